The Balaban J connectivity index is 1.89. The average Bonchev–Trinajstić information content (AvgIpc) is 2.96. The van der Waals surface area contributed by atoms with Crippen LogP contribution in [-0.4, -0.2) is 31.1 Å². The first kappa shape index (κ1) is 14.7. The van der Waals surface area contributed by atoms with Crippen LogP contribution in [0.1, 0.15) is 18.4 Å². The monoisotopic (exact) mass is 271 g/mol. The molecule has 3 heteroatoms. The Kier molecular flexibility index (Phi) is 5.24. The van der Waals surface area contributed by atoms with E-state index in [0.29, 0.717) is 6.04 Å². The highest BCUT2D eigenvalue weighted by Gasteiger charge is 2.27. The van der Waals surface area contributed by atoms with Gasteiger partial charge in [0, 0.05) is 31.0 Å². The summed E-state index contributed by atoms with van der Waals surface area (Å²) in [5, 5.41) is 6.64. The first-order valence-corrected chi connectivity index (χ1v) is 7.28. The number of benzene rings is 1. The van der Waals surface area contributed by atoms with Gasteiger partial charge < -0.3 is 15.5 Å². The summed E-state index contributed by atoms with van der Waals surface area (Å²) in [5.41, 5.74) is 3.54. The Morgan fingerprint density at radius 2 is 2.05 bits per heavy atom. The molecule has 0 bridgehead atoms. The van der Waals surface area contributed by atoms with Gasteiger partial charge in [0.25, 0.3) is 0 Å². The molecule has 0 aliphatic carbocycles. The number of nitrogens with zero attached hydrogens (tertiary/aromatic N) is 1. The van der Waals surface area contributed by atoms with Gasteiger partial charge in [-0.25, -0.2) is 0 Å². The molecule has 0 radical (unpaired) electrons. The molecule has 2 N–H and O–H groups in total. The highest BCUT2D eigenvalue weighted by atomic mass is 15.2. The molecule has 0 saturated carbocycles. The number of rotatable bonds is 7. The molecule has 108 valence electrons. The van der Waals surface area contributed by atoms with E-state index in [9.17, 15) is 0 Å². The minimum absolute atomic E-state index is 0.375. The Labute approximate surface area is 122 Å². The van der Waals surface area contributed by atoms with Crippen LogP contribution in [-0.2, 0) is 6.54 Å². The van der Waals surface area contributed by atoms with E-state index in [-0.39, 0.29) is 0 Å². The van der Waals surface area contributed by atoms with Crippen LogP contribution >= 0.6 is 0 Å². The van der Waals surface area contributed by atoms with E-state index in [0.717, 1.165) is 37.4 Å². The molecule has 1 saturated heterocycles. The molecule has 1 atom stereocenters. The van der Waals surface area contributed by atoms with Crippen LogP contribution in [0.2, 0.25) is 0 Å². The van der Waals surface area contributed by atoms with Gasteiger partial charge in [-0.3, -0.25) is 0 Å². The average molecular weight is 271 g/mol. The van der Waals surface area contributed by atoms with Crippen molar-refractivity contribution in [2.45, 2.75) is 25.4 Å². The molecule has 0 aromatic heterocycles. The minimum Gasteiger partial charge on any atom is -0.383 e. The van der Waals surface area contributed by atoms with Crippen LogP contribution in [0.4, 0.5) is 0 Å². The van der Waals surface area contributed by atoms with Gasteiger partial charge in [-0.15, -0.1) is 0 Å². The fourth-order valence-corrected chi connectivity index (χ4v) is 2.74. The van der Waals surface area contributed by atoms with Crippen molar-refractivity contribution in [3.63, 3.8) is 0 Å². The summed E-state index contributed by atoms with van der Waals surface area (Å²) in [6.07, 6.45) is 2.36. The fraction of sp³-hybridized carbons (Fsp3) is 0.412. The number of hydrogen-bond acceptors (Lipinski definition) is 3. The minimum atomic E-state index is 0.375. The summed E-state index contributed by atoms with van der Waals surface area (Å²) in [4.78, 5) is 2.37. The number of nitrogens with one attached hydrogen (secondary N) is 2. The van der Waals surface area contributed by atoms with Gasteiger partial charge in [0.1, 0.15) is 0 Å². The largest absolute Gasteiger partial charge is 0.383 e. The molecule has 1 aromatic rings. The molecule has 1 aromatic carbocycles. The smallest absolute Gasteiger partial charge is 0.0680 e. The second-order valence-corrected chi connectivity index (χ2v) is 5.31. The second-order valence-electron chi connectivity index (χ2n) is 5.31. The topological polar surface area (TPSA) is 27.3 Å². The zero-order chi connectivity index (χ0) is 14.4. The van der Waals surface area contributed by atoms with Crippen LogP contribution in [0.5, 0.6) is 0 Å². The molecular formula is C17H25N3. The third kappa shape index (κ3) is 3.64. The Morgan fingerprint density at radius 1 is 1.30 bits per heavy atom. The zero-order valence-corrected chi connectivity index (χ0v) is 12.4. The molecule has 20 heavy (non-hydrogen) atoms. The van der Waals surface area contributed by atoms with Crippen LogP contribution in [0.3, 0.4) is 0 Å². The third-order valence-corrected chi connectivity index (χ3v) is 3.80. The maximum atomic E-state index is 4.23. The molecule has 0 amide bonds. The van der Waals surface area contributed by atoms with Crippen molar-refractivity contribution < 1.29 is 0 Å². The maximum absolute atomic E-state index is 4.23. The first-order valence-electron chi connectivity index (χ1n) is 7.28. The molecular weight excluding hydrogens is 246 g/mol. The number of likely N-dealkylation sites (tertiary alicyclic amines) is 1. The van der Waals surface area contributed by atoms with Crippen molar-refractivity contribution in [1.82, 2.24) is 15.5 Å². The van der Waals surface area contributed by atoms with Gasteiger partial charge in [-0.1, -0.05) is 43.5 Å². The molecule has 1 unspecified atom stereocenters. The van der Waals surface area contributed by atoms with Crippen LogP contribution in [0.25, 0.3) is 0 Å². The van der Waals surface area contributed by atoms with Gasteiger partial charge in [-0.05, 0) is 25.5 Å². The lowest BCUT2D eigenvalue weighted by Crippen LogP contribution is -2.37. The first-order chi connectivity index (χ1) is 9.72. The summed E-state index contributed by atoms with van der Waals surface area (Å²) >= 11 is 0. The van der Waals surface area contributed by atoms with Gasteiger partial charge in [0.2, 0.25) is 0 Å². The quantitative estimate of drug-likeness (QED) is 0.798. The van der Waals surface area contributed by atoms with Crippen molar-refractivity contribution in [2.24, 2.45) is 0 Å². The van der Waals surface area contributed by atoms with Crippen molar-refractivity contribution in [2.75, 3.05) is 20.1 Å². The summed E-state index contributed by atoms with van der Waals surface area (Å²) in [6, 6.07) is 10.8. The highest BCUT2D eigenvalue weighted by Crippen LogP contribution is 2.25. The summed E-state index contributed by atoms with van der Waals surface area (Å²) < 4.78 is 0. The van der Waals surface area contributed by atoms with E-state index in [1.165, 1.54) is 12.0 Å². The van der Waals surface area contributed by atoms with E-state index in [1.54, 1.807) is 0 Å². The molecule has 0 spiro atoms. The lowest BCUT2D eigenvalue weighted by molar-refractivity contribution is 0.336. The van der Waals surface area contributed by atoms with Crippen molar-refractivity contribution in [1.29, 1.82) is 0 Å². The highest BCUT2D eigenvalue weighted by molar-refractivity contribution is 5.18. The summed E-state index contributed by atoms with van der Waals surface area (Å²) in [7, 11) is 1.96. The normalized spacial score (nSPS) is 18.1. The molecule has 3 nitrogen and oxygen atoms in total. The van der Waals surface area contributed by atoms with Crippen LogP contribution < -0.4 is 10.6 Å². The van der Waals surface area contributed by atoms with Gasteiger partial charge in [0.05, 0.1) is 6.04 Å². The fourth-order valence-electron chi connectivity index (χ4n) is 2.74. The standard InChI is InChI=1S/C17H25N3/c1-14(12-18-3)20-11-7-10-17(20)15(2)19-13-16-8-5-4-6-9-16/h4-6,8-9,17-19H,1-2,7,10-13H2,3H3. The van der Waals surface area contributed by atoms with Crippen LogP contribution in [0.15, 0.2) is 54.9 Å². The van der Waals surface area contributed by atoms with E-state index in [2.05, 4.69) is 53.0 Å². The van der Waals surface area contributed by atoms with Crippen molar-refractivity contribution in [3.05, 3.63) is 60.4 Å². The summed E-state index contributed by atoms with van der Waals surface area (Å²) in [5.74, 6) is 0. The Bertz CT molecular complexity index is 453. The molecule has 1 aliphatic rings. The van der Waals surface area contributed by atoms with Gasteiger partial charge >= 0.3 is 0 Å². The predicted octanol–water partition coefficient (Wildman–Crippen LogP) is 2.49. The Morgan fingerprint density at radius 3 is 2.75 bits per heavy atom. The lowest BCUT2D eigenvalue weighted by atomic mass is 10.1. The third-order valence-electron chi connectivity index (χ3n) is 3.80. The van der Waals surface area contributed by atoms with E-state index >= 15 is 0 Å². The van der Waals surface area contributed by atoms with E-state index in [1.807, 2.05) is 13.1 Å². The number of likely N-dealkylation sites (N-methyl/N-ethyl adjacent to an activating group) is 1. The lowest BCUT2D eigenvalue weighted by Gasteiger charge is -2.30. The van der Waals surface area contributed by atoms with E-state index in [4.69, 9.17) is 0 Å². The molecule has 1 aliphatic heterocycles. The van der Waals surface area contributed by atoms with Crippen LogP contribution in [0, 0.1) is 0 Å². The summed E-state index contributed by atoms with van der Waals surface area (Å²) in [6.45, 7) is 11.2. The SMILES string of the molecule is C=C(NCc1ccccc1)C1CCCN1C(=C)CNC. The zero-order valence-electron chi connectivity index (χ0n) is 12.4. The second kappa shape index (κ2) is 7.15. The van der Waals surface area contributed by atoms with E-state index < -0.39 is 0 Å². The molecule has 2 rings (SSSR count). The van der Waals surface area contributed by atoms with Crippen molar-refractivity contribution in [3.8, 4) is 0 Å². The molecule has 1 heterocycles. The Hall–Kier alpha value is -1.74. The van der Waals surface area contributed by atoms with Crippen molar-refractivity contribution >= 4 is 0 Å². The number of hydrogen-bond donors (Lipinski definition) is 2. The molecule has 1 fully saturated rings. The predicted molar refractivity (Wildman–Crippen MR) is 85.2 cm³/mol. The maximum Gasteiger partial charge on any atom is 0.0680 e. The van der Waals surface area contributed by atoms with Gasteiger partial charge in [0.15, 0.2) is 0 Å². The van der Waals surface area contributed by atoms with Gasteiger partial charge in [-0.2, -0.15) is 0 Å².